The average molecular weight is 504 g/mol. The maximum absolute atomic E-state index is 13.2. The third-order valence-electron chi connectivity index (χ3n) is 6.13. The number of hydrogen-bond acceptors (Lipinski definition) is 5. The van der Waals surface area contributed by atoms with Crippen LogP contribution in [0, 0.1) is 6.92 Å². The van der Waals surface area contributed by atoms with Crippen LogP contribution in [0.15, 0.2) is 75.6 Å². The van der Waals surface area contributed by atoms with E-state index in [0.717, 1.165) is 5.56 Å². The van der Waals surface area contributed by atoms with Gasteiger partial charge in [-0.15, -0.1) is 11.3 Å². The molecule has 36 heavy (non-hydrogen) atoms. The summed E-state index contributed by atoms with van der Waals surface area (Å²) in [4.78, 5) is 51.1. The molecule has 0 aliphatic heterocycles. The van der Waals surface area contributed by atoms with Gasteiger partial charge in [-0.05, 0) is 36.8 Å². The first-order valence-electron chi connectivity index (χ1n) is 12.1. The second-order valence-electron chi connectivity index (χ2n) is 8.82. The van der Waals surface area contributed by atoms with Crippen LogP contribution in [0.3, 0.4) is 0 Å². The summed E-state index contributed by atoms with van der Waals surface area (Å²) in [5, 5.41) is 4.68. The van der Waals surface area contributed by atoms with Crippen molar-refractivity contribution in [1.82, 2.24) is 14.5 Å². The summed E-state index contributed by atoms with van der Waals surface area (Å²) in [5.74, 6) is -0.207. The number of nitrogens with zero attached hydrogens (tertiary/aromatic N) is 2. The first kappa shape index (κ1) is 25.3. The standard InChI is InChI=1S/C28H29N3O4S/c1-20-11-13-21(14-12-20)18-29-25(33)10-6-3-7-16-30-27(34)26-23(15-17-36-26)31(28(30)35)19-24(32)22-8-4-2-5-9-22/h2,4-5,8-9,11-15,17H,3,6-7,10,16,18-19H2,1H3,(H,29,33). The van der Waals surface area contributed by atoms with Crippen molar-refractivity contribution >= 4 is 33.2 Å². The molecule has 0 unspecified atom stereocenters. The van der Waals surface area contributed by atoms with Crippen LogP contribution < -0.4 is 16.6 Å². The number of ketones is 1. The molecule has 7 nitrogen and oxygen atoms in total. The van der Waals surface area contributed by atoms with Crippen molar-refractivity contribution in [1.29, 1.82) is 0 Å². The predicted molar refractivity (Wildman–Crippen MR) is 143 cm³/mol. The number of carbonyl (C=O) groups excluding carboxylic acids is 2. The normalized spacial score (nSPS) is 11.0. The van der Waals surface area contributed by atoms with Gasteiger partial charge in [0.15, 0.2) is 5.78 Å². The second kappa shape index (κ2) is 11.8. The van der Waals surface area contributed by atoms with Crippen molar-refractivity contribution in [2.45, 2.75) is 52.2 Å². The summed E-state index contributed by atoms with van der Waals surface area (Å²) in [7, 11) is 0. The minimum absolute atomic E-state index is 0.0190. The lowest BCUT2D eigenvalue weighted by Gasteiger charge is -2.12. The van der Waals surface area contributed by atoms with Gasteiger partial charge in [0.2, 0.25) is 5.91 Å². The van der Waals surface area contributed by atoms with Gasteiger partial charge < -0.3 is 5.32 Å². The number of rotatable bonds is 11. The van der Waals surface area contributed by atoms with Crippen LogP contribution in [0.4, 0.5) is 0 Å². The molecular formula is C28H29N3O4S. The molecule has 1 N–H and O–H groups in total. The maximum atomic E-state index is 13.2. The van der Waals surface area contributed by atoms with Crippen LogP contribution >= 0.6 is 11.3 Å². The molecule has 2 aromatic heterocycles. The Morgan fingerprint density at radius 2 is 1.64 bits per heavy atom. The van der Waals surface area contributed by atoms with Gasteiger partial charge >= 0.3 is 5.69 Å². The van der Waals surface area contributed by atoms with Crippen molar-refractivity contribution in [2.24, 2.45) is 0 Å². The zero-order valence-electron chi connectivity index (χ0n) is 20.2. The molecule has 0 saturated heterocycles. The van der Waals surface area contributed by atoms with E-state index in [1.807, 2.05) is 37.3 Å². The minimum atomic E-state index is -0.481. The molecule has 4 aromatic rings. The third-order valence-corrected chi connectivity index (χ3v) is 7.02. The van der Waals surface area contributed by atoms with E-state index < -0.39 is 5.69 Å². The molecule has 0 radical (unpaired) electrons. The third kappa shape index (κ3) is 6.07. The Bertz CT molecular complexity index is 1470. The smallest absolute Gasteiger partial charge is 0.331 e. The van der Waals surface area contributed by atoms with Crippen molar-refractivity contribution in [2.75, 3.05) is 0 Å². The zero-order chi connectivity index (χ0) is 25.5. The monoisotopic (exact) mass is 503 g/mol. The number of carbonyl (C=O) groups is 2. The van der Waals surface area contributed by atoms with Gasteiger partial charge in [0.1, 0.15) is 4.70 Å². The molecular weight excluding hydrogens is 474 g/mol. The number of benzene rings is 2. The molecule has 186 valence electrons. The van der Waals surface area contributed by atoms with E-state index in [0.29, 0.717) is 48.0 Å². The fourth-order valence-corrected chi connectivity index (χ4v) is 4.91. The Balaban J connectivity index is 1.35. The van der Waals surface area contributed by atoms with Gasteiger partial charge in [-0.25, -0.2) is 4.79 Å². The predicted octanol–water partition coefficient (Wildman–Crippen LogP) is 4.29. The highest BCUT2D eigenvalue weighted by atomic mass is 32.1. The van der Waals surface area contributed by atoms with E-state index in [2.05, 4.69) is 5.32 Å². The van der Waals surface area contributed by atoms with E-state index >= 15 is 0 Å². The second-order valence-corrected chi connectivity index (χ2v) is 9.74. The fourth-order valence-electron chi connectivity index (χ4n) is 4.07. The quantitative estimate of drug-likeness (QED) is 0.244. The molecule has 0 spiro atoms. The Morgan fingerprint density at radius 1 is 0.889 bits per heavy atom. The van der Waals surface area contributed by atoms with Crippen LogP contribution in [0.2, 0.25) is 0 Å². The molecule has 0 atom stereocenters. The number of aryl methyl sites for hydroxylation is 1. The Labute approximate surface area is 213 Å². The van der Waals surface area contributed by atoms with Crippen LogP contribution in [0.25, 0.3) is 10.2 Å². The summed E-state index contributed by atoms with van der Waals surface area (Å²) in [6, 6.07) is 18.5. The van der Waals surface area contributed by atoms with Crippen molar-refractivity contribution in [3.8, 4) is 0 Å². The maximum Gasteiger partial charge on any atom is 0.331 e. The lowest BCUT2D eigenvalue weighted by molar-refractivity contribution is -0.121. The Kier molecular flexibility index (Phi) is 8.28. The van der Waals surface area contributed by atoms with E-state index in [9.17, 15) is 19.2 Å². The van der Waals surface area contributed by atoms with E-state index in [1.165, 1.54) is 26.0 Å². The topological polar surface area (TPSA) is 90.2 Å². The SMILES string of the molecule is Cc1ccc(CNC(=O)CCCCCn2c(=O)c3sccc3n(CC(=O)c3ccccc3)c2=O)cc1. The molecule has 2 heterocycles. The summed E-state index contributed by atoms with van der Waals surface area (Å²) >= 11 is 1.27. The van der Waals surface area contributed by atoms with E-state index in [-0.39, 0.29) is 30.3 Å². The molecule has 1 amide bonds. The minimum Gasteiger partial charge on any atom is -0.352 e. The largest absolute Gasteiger partial charge is 0.352 e. The molecule has 0 aliphatic carbocycles. The number of hydrogen-bond donors (Lipinski definition) is 1. The highest BCUT2D eigenvalue weighted by Gasteiger charge is 2.17. The zero-order valence-corrected chi connectivity index (χ0v) is 21.1. The molecule has 0 aliphatic rings. The lowest BCUT2D eigenvalue weighted by atomic mass is 10.1. The molecule has 4 rings (SSSR count). The summed E-state index contributed by atoms with van der Waals surface area (Å²) in [6.07, 6.45) is 2.34. The van der Waals surface area contributed by atoms with Crippen molar-refractivity contribution in [3.63, 3.8) is 0 Å². The molecule has 2 aromatic carbocycles. The number of amides is 1. The lowest BCUT2D eigenvalue weighted by Crippen LogP contribution is -2.40. The highest BCUT2D eigenvalue weighted by Crippen LogP contribution is 2.16. The first-order valence-corrected chi connectivity index (χ1v) is 12.9. The Morgan fingerprint density at radius 3 is 2.39 bits per heavy atom. The molecule has 0 saturated carbocycles. The van der Waals surface area contributed by atoms with Gasteiger partial charge in [-0.1, -0.05) is 66.6 Å². The van der Waals surface area contributed by atoms with E-state index in [1.54, 1.807) is 35.7 Å². The van der Waals surface area contributed by atoms with Gasteiger partial charge in [-0.3, -0.25) is 23.5 Å². The van der Waals surface area contributed by atoms with Gasteiger partial charge in [0.25, 0.3) is 5.56 Å². The molecule has 0 fully saturated rings. The number of thiophene rings is 1. The summed E-state index contributed by atoms with van der Waals surface area (Å²) in [6.45, 7) is 2.64. The molecule has 8 heteroatoms. The van der Waals surface area contributed by atoms with Crippen molar-refractivity contribution in [3.05, 3.63) is 104 Å². The summed E-state index contributed by atoms with van der Waals surface area (Å²) < 4.78 is 3.07. The average Bonchev–Trinajstić information content (AvgIpc) is 3.38. The number of Topliss-reactive ketones (excluding diaryl/α,β-unsaturated/α-hetero) is 1. The van der Waals surface area contributed by atoms with Crippen LogP contribution in [0.5, 0.6) is 0 Å². The number of unbranched alkanes of at least 4 members (excludes halogenated alkanes) is 2. The highest BCUT2D eigenvalue weighted by molar-refractivity contribution is 7.17. The number of aromatic nitrogens is 2. The summed E-state index contributed by atoms with van der Waals surface area (Å²) in [5.41, 5.74) is 2.43. The van der Waals surface area contributed by atoms with Crippen LogP contribution in [0.1, 0.15) is 47.2 Å². The number of nitrogens with one attached hydrogen (secondary N) is 1. The van der Waals surface area contributed by atoms with Crippen LogP contribution in [-0.4, -0.2) is 20.8 Å². The molecule has 0 bridgehead atoms. The van der Waals surface area contributed by atoms with Gasteiger partial charge in [-0.2, -0.15) is 0 Å². The Hall–Kier alpha value is -3.78. The van der Waals surface area contributed by atoms with Crippen molar-refractivity contribution < 1.29 is 9.59 Å². The van der Waals surface area contributed by atoms with Gasteiger partial charge in [0.05, 0.1) is 12.1 Å². The fraction of sp³-hybridized carbons (Fsp3) is 0.286. The van der Waals surface area contributed by atoms with E-state index in [4.69, 9.17) is 0 Å². The first-order chi connectivity index (χ1) is 17.4. The van der Waals surface area contributed by atoms with Gasteiger partial charge in [0, 0.05) is 25.1 Å². The van der Waals surface area contributed by atoms with Crippen LogP contribution in [-0.2, 0) is 24.4 Å². The number of fused-ring (bicyclic) bond motifs is 1.